The Balaban J connectivity index is 1.43. The number of rotatable bonds is 4. The monoisotopic (exact) mass is 440 g/mol. The summed E-state index contributed by atoms with van der Waals surface area (Å²) >= 11 is 1.30. The van der Waals surface area contributed by atoms with Crippen LogP contribution in [0.5, 0.6) is 11.5 Å². The van der Waals surface area contributed by atoms with Gasteiger partial charge in [0, 0.05) is 32.2 Å². The van der Waals surface area contributed by atoms with Crippen LogP contribution in [0.2, 0.25) is 0 Å². The van der Waals surface area contributed by atoms with Gasteiger partial charge in [0.05, 0.1) is 16.9 Å². The quantitative estimate of drug-likeness (QED) is 0.439. The summed E-state index contributed by atoms with van der Waals surface area (Å²) in [7, 11) is 1.46. The van der Waals surface area contributed by atoms with E-state index in [1.54, 1.807) is 36.4 Å². The molecule has 1 amide bonds. The normalized spacial score (nSPS) is 17.8. The average molecular weight is 440 g/mol. The van der Waals surface area contributed by atoms with Crippen molar-refractivity contribution in [2.75, 3.05) is 38.2 Å². The lowest BCUT2D eigenvalue weighted by Gasteiger charge is -2.36. The number of para-hydroxylation sites is 2. The number of phenols is 1. The molecule has 31 heavy (non-hydrogen) atoms. The summed E-state index contributed by atoms with van der Waals surface area (Å²) in [5.41, 5.74) is 1.42. The molecular weight excluding hydrogens is 420 g/mol. The molecule has 2 aromatic rings. The Labute approximate surface area is 182 Å². The molecule has 0 aliphatic carbocycles. The maximum atomic E-state index is 12.4. The number of hydrogen-bond donors (Lipinski definition) is 1. The standard InChI is InChI=1S/C21H20N4O5S/c1-30-18-12-14(6-7-17(18)26)13-19-20(27)22-21(31-19)24-10-8-23(9-11-24)15-4-2-3-5-16(15)25(28)29/h2-7,12-13,26H,8-11H2,1H3/b19-13+. The molecule has 2 aliphatic heterocycles. The Morgan fingerprint density at radius 3 is 2.58 bits per heavy atom. The molecule has 4 rings (SSSR count). The van der Waals surface area contributed by atoms with Gasteiger partial charge in [-0.05, 0) is 41.6 Å². The van der Waals surface area contributed by atoms with E-state index in [0.717, 1.165) is 5.56 Å². The number of methoxy groups -OCH3 is 1. The largest absolute Gasteiger partial charge is 0.504 e. The molecule has 0 atom stereocenters. The molecule has 1 N–H and O–H groups in total. The molecule has 1 saturated heterocycles. The summed E-state index contributed by atoms with van der Waals surface area (Å²) in [5.74, 6) is 0.0498. The van der Waals surface area contributed by atoms with Crippen LogP contribution in [0.1, 0.15) is 5.56 Å². The number of benzene rings is 2. The number of nitro benzene ring substituents is 1. The molecule has 0 unspecified atom stereocenters. The van der Waals surface area contributed by atoms with Gasteiger partial charge in [0.15, 0.2) is 16.7 Å². The summed E-state index contributed by atoms with van der Waals surface area (Å²) < 4.78 is 5.11. The van der Waals surface area contributed by atoms with Gasteiger partial charge in [-0.25, -0.2) is 0 Å². The fraction of sp³-hybridized carbons (Fsp3) is 0.238. The first-order valence-corrected chi connectivity index (χ1v) is 10.4. The lowest BCUT2D eigenvalue weighted by molar-refractivity contribution is -0.384. The first-order valence-electron chi connectivity index (χ1n) is 9.59. The van der Waals surface area contributed by atoms with Gasteiger partial charge in [-0.1, -0.05) is 18.2 Å². The summed E-state index contributed by atoms with van der Waals surface area (Å²) in [6.07, 6.45) is 1.72. The smallest absolute Gasteiger partial charge is 0.292 e. The second-order valence-corrected chi connectivity index (χ2v) is 7.97. The Kier molecular flexibility index (Phi) is 5.81. The number of amidine groups is 1. The molecule has 2 aromatic carbocycles. The predicted molar refractivity (Wildman–Crippen MR) is 120 cm³/mol. The predicted octanol–water partition coefficient (Wildman–Crippen LogP) is 3.10. The highest BCUT2D eigenvalue weighted by Crippen LogP contribution is 2.34. The molecule has 2 heterocycles. The minimum atomic E-state index is -0.368. The number of hydrogen-bond acceptors (Lipinski definition) is 8. The van der Waals surface area contributed by atoms with Crippen molar-refractivity contribution < 1.29 is 19.6 Å². The summed E-state index contributed by atoms with van der Waals surface area (Å²) in [6.45, 7) is 2.39. The van der Waals surface area contributed by atoms with Gasteiger partial charge in [0.25, 0.3) is 11.6 Å². The van der Waals surface area contributed by atoms with Crippen LogP contribution in [-0.2, 0) is 4.79 Å². The number of aromatic hydroxyl groups is 1. The minimum Gasteiger partial charge on any atom is -0.504 e. The average Bonchev–Trinajstić information content (AvgIpc) is 3.15. The fourth-order valence-electron chi connectivity index (χ4n) is 3.49. The molecule has 0 aromatic heterocycles. The molecule has 0 saturated carbocycles. The maximum absolute atomic E-state index is 12.4. The number of aliphatic imine (C=N–C) groups is 1. The van der Waals surface area contributed by atoms with E-state index >= 15 is 0 Å². The number of piperazine rings is 1. The van der Waals surface area contributed by atoms with E-state index in [1.807, 2.05) is 9.80 Å². The number of carbonyl (C=O) groups is 1. The number of ether oxygens (including phenoxy) is 1. The van der Waals surface area contributed by atoms with Gasteiger partial charge in [0.2, 0.25) is 0 Å². The molecule has 0 bridgehead atoms. The van der Waals surface area contributed by atoms with Crippen molar-refractivity contribution in [1.82, 2.24) is 4.90 Å². The number of phenolic OH excluding ortho intramolecular Hbond substituents is 1. The molecule has 0 spiro atoms. The third-order valence-corrected chi connectivity index (χ3v) is 6.12. The van der Waals surface area contributed by atoms with Crippen LogP contribution in [0.4, 0.5) is 11.4 Å². The van der Waals surface area contributed by atoms with Crippen LogP contribution >= 0.6 is 11.8 Å². The summed E-state index contributed by atoms with van der Waals surface area (Å²) in [5, 5.41) is 21.7. The Morgan fingerprint density at radius 2 is 1.87 bits per heavy atom. The van der Waals surface area contributed by atoms with Crippen LogP contribution in [0, 0.1) is 10.1 Å². The number of carbonyl (C=O) groups excluding carboxylic acids is 1. The van der Waals surface area contributed by atoms with E-state index in [4.69, 9.17) is 4.74 Å². The molecule has 1 fully saturated rings. The van der Waals surface area contributed by atoms with Crippen molar-refractivity contribution in [2.24, 2.45) is 4.99 Å². The van der Waals surface area contributed by atoms with Crippen LogP contribution in [0.15, 0.2) is 52.4 Å². The highest BCUT2D eigenvalue weighted by molar-refractivity contribution is 8.18. The van der Waals surface area contributed by atoms with Gasteiger partial charge in [-0.15, -0.1) is 0 Å². The van der Waals surface area contributed by atoms with Gasteiger partial charge in [-0.3, -0.25) is 14.9 Å². The fourth-order valence-corrected chi connectivity index (χ4v) is 4.46. The number of nitrogens with zero attached hydrogens (tertiary/aromatic N) is 4. The first kappa shape index (κ1) is 20.7. The van der Waals surface area contributed by atoms with E-state index in [2.05, 4.69) is 4.99 Å². The topological polar surface area (TPSA) is 109 Å². The van der Waals surface area contributed by atoms with Crippen LogP contribution in [0.3, 0.4) is 0 Å². The number of thioether (sulfide) groups is 1. The molecule has 160 valence electrons. The number of amides is 1. The molecule has 9 nitrogen and oxygen atoms in total. The second kappa shape index (κ2) is 8.68. The Hall–Kier alpha value is -3.53. The SMILES string of the molecule is COc1cc(/C=C2/SC(N3CCN(c4ccccc4[N+](=O)[O-])CC3)=NC2=O)ccc1O. The Morgan fingerprint density at radius 1 is 1.16 bits per heavy atom. The first-order chi connectivity index (χ1) is 15.0. The second-order valence-electron chi connectivity index (χ2n) is 6.96. The lowest BCUT2D eigenvalue weighted by Crippen LogP contribution is -2.48. The van der Waals surface area contributed by atoms with Crippen LogP contribution in [0.25, 0.3) is 6.08 Å². The molecule has 10 heteroatoms. The van der Waals surface area contributed by atoms with Crippen LogP contribution in [-0.4, -0.2) is 59.3 Å². The zero-order valence-corrected chi connectivity index (χ0v) is 17.5. The van der Waals surface area contributed by atoms with Gasteiger partial charge >= 0.3 is 0 Å². The summed E-state index contributed by atoms with van der Waals surface area (Å²) in [4.78, 5) is 32.0. The zero-order valence-electron chi connectivity index (χ0n) is 16.7. The Bertz CT molecular complexity index is 1090. The van der Waals surface area contributed by atoms with Crippen molar-refractivity contribution in [2.45, 2.75) is 0 Å². The number of anilines is 1. The van der Waals surface area contributed by atoms with Crippen molar-refractivity contribution in [1.29, 1.82) is 0 Å². The number of nitro groups is 1. The van der Waals surface area contributed by atoms with Gasteiger partial charge in [0.1, 0.15) is 5.69 Å². The minimum absolute atomic E-state index is 0.0310. The maximum Gasteiger partial charge on any atom is 0.292 e. The van der Waals surface area contributed by atoms with Crippen molar-refractivity contribution in [3.63, 3.8) is 0 Å². The third-order valence-electron chi connectivity index (χ3n) is 5.08. The highest BCUT2D eigenvalue weighted by Gasteiger charge is 2.30. The van der Waals surface area contributed by atoms with E-state index in [-0.39, 0.29) is 22.3 Å². The highest BCUT2D eigenvalue weighted by atomic mass is 32.2. The molecule has 0 radical (unpaired) electrons. The van der Waals surface area contributed by atoms with E-state index in [9.17, 15) is 20.0 Å². The summed E-state index contributed by atoms with van der Waals surface area (Å²) in [6, 6.07) is 11.6. The van der Waals surface area contributed by atoms with E-state index in [0.29, 0.717) is 47.7 Å². The van der Waals surface area contributed by atoms with Crippen molar-refractivity contribution in [3.05, 3.63) is 63.0 Å². The molecule has 2 aliphatic rings. The van der Waals surface area contributed by atoms with Gasteiger partial charge in [-0.2, -0.15) is 4.99 Å². The van der Waals surface area contributed by atoms with Crippen molar-refractivity contribution in [3.8, 4) is 11.5 Å². The third kappa shape index (κ3) is 4.33. The van der Waals surface area contributed by atoms with E-state index in [1.165, 1.54) is 31.0 Å². The van der Waals surface area contributed by atoms with E-state index < -0.39 is 0 Å². The van der Waals surface area contributed by atoms with Crippen molar-refractivity contribution >= 4 is 40.3 Å². The zero-order chi connectivity index (χ0) is 22.0. The van der Waals surface area contributed by atoms with Gasteiger partial charge < -0.3 is 19.6 Å². The van der Waals surface area contributed by atoms with Crippen LogP contribution < -0.4 is 9.64 Å². The molecular formula is C21H20N4O5S. The lowest BCUT2D eigenvalue weighted by atomic mass is 10.2.